The van der Waals surface area contributed by atoms with Gasteiger partial charge in [-0.25, -0.2) is 9.52 Å². The highest BCUT2D eigenvalue weighted by atomic mass is 32.2. The molecule has 0 spiro atoms. The molecule has 8 heteroatoms. The first-order valence-electron chi connectivity index (χ1n) is 3.37. The standard InChI is InChI=1S/C5H12N2O5S/c1-6-13(10,11)7-3-4(8)5(9)12-2/h4,6-8H,3H2,1-2H3. The summed E-state index contributed by atoms with van der Waals surface area (Å²) in [5.74, 6) is -0.890. The summed E-state index contributed by atoms with van der Waals surface area (Å²) in [7, 11) is -1.33. The van der Waals surface area contributed by atoms with E-state index in [9.17, 15) is 13.2 Å². The molecule has 0 fully saturated rings. The van der Waals surface area contributed by atoms with Gasteiger partial charge in [-0.15, -0.1) is 0 Å². The molecule has 0 aromatic carbocycles. The van der Waals surface area contributed by atoms with E-state index in [4.69, 9.17) is 5.11 Å². The lowest BCUT2D eigenvalue weighted by Crippen LogP contribution is -2.41. The third kappa shape index (κ3) is 4.78. The van der Waals surface area contributed by atoms with Crippen LogP contribution < -0.4 is 9.44 Å². The maximum absolute atomic E-state index is 10.7. The average Bonchev–Trinajstić information content (AvgIpc) is 2.13. The first-order valence-corrected chi connectivity index (χ1v) is 4.85. The van der Waals surface area contributed by atoms with Gasteiger partial charge >= 0.3 is 5.97 Å². The second kappa shape index (κ2) is 5.12. The van der Waals surface area contributed by atoms with Crippen LogP contribution in [-0.4, -0.2) is 46.3 Å². The summed E-state index contributed by atoms with van der Waals surface area (Å²) in [6.07, 6.45) is -1.49. The number of ether oxygens (including phenoxy) is 1. The summed E-state index contributed by atoms with van der Waals surface area (Å²) in [6.45, 7) is -0.421. The summed E-state index contributed by atoms with van der Waals surface area (Å²) in [4.78, 5) is 10.6. The zero-order chi connectivity index (χ0) is 10.5. The van der Waals surface area contributed by atoms with Crippen LogP contribution in [0.25, 0.3) is 0 Å². The minimum absolute atomic E-state index is 0.421. The summed E-state index contributed by atoms with van der Waals surface area (Å²) in [6, 6.07) is 0. The Morgan fingerprint density at radius 1 is 1.62 bits per heavy atom. The Hall–Kier alpha value is -0.700. The van der Waals surface area contributed by atoms with E-state index in [0.29, 0.717) is 0 Å². The quantitative estimate of drug-likeness (QED) is 0.440. The molecule has 0 heterocycles. The van der Waals surface area contributed by atoms with Crippen LogP contribution >= 0.6 is 0 Å². The minimum Gasteiger partial charge on any atom is -0.467 e. The lowest BCUT2D eigenvalue weighted by atomic mass is 10.4. The Balaban J connectivity index is 3.97. The zero-order valence-corrected chi connectivity index (χ0v) is 8.09. The van der Waals surface area contributed by atoms with E-state index < -0.39 is 28.8 Å². The molecule has 0 aliphatic heterocycles. The molecule has 7 nitrogen and oxygen atoms in total. The predicted octanol–water partition coefficient (Wildman–Crippen LogP) is -2.43. The van der Waals surface area contributed by atoms with Crippen LogP contribution in [-0.2, 0) is 19.7 Å². The van der Waals surface area contributed by atoms with Crippen molar-refractivity contribution in [3.8, 4) is 0 Å². The maximum atomic E-state index is 10.7. The third-order valence-electron chi connectivity index (χ3n) is 1.21. The van der Waals surface area contributed by atoms with E-state index in [-0.39, 0.29) is 0 Å². The smallest absolute Gasteiger partial charge is 0.336 e. The number of aliphatic hydroxyl groups is 1. The Kier molecular flexibility index (Phi) is 4.85. The van der Waals surface area contributed by atoms with Crippen LogP contribution in [0.1, 0.15) is 0 Å². The molecular formula is C5H12N2O5S. The van der Waals surface area contributed by atoms with E-state index in [1.807, 2.05) is 9.44 Å². The normalized spacial score (nSPS) is 13.8. The summed E-state index contributed by atoms with van der Waals surface area (Å²) >= 11 is 0. The van der Waals surface area contributed by atoms with Gasteiger partial charge in [0.2, 0.25) is 0 Å². The van der Waals surface area contributed by atoms with Crippen molar-refractivity contribution in [2.24, 2.45) is 0 Å². The van der Waals surface area contributed by atoms with Crippen LogP contribution in [0, 0.1) is 0 Å². The number of hydrogen-bond acceptors (Lipinski definition) is 5. The second-order valence-corrected chi connectivity index (χ2v) is 3.80. The number of esters is 1. The van der Waals surface area contributed by atoms with Crippen LogP contribution in [0.2, 0.25) is 0 Å². The van der Waals surface area contributed by atoms with Crippen molar-refractivity contribution in [2.45, 2.75) is 6.10 Å². The Bertz CT molecular complexity index is 262. The molecule has 0 amide bonds. The van der Waals surface area contributed by atoms with Crippen molar-refractivity contribution >= 4 is 16.2 Å². The highest BCUT2D eigenvalue weighted by Gasteiger charge is 2.17. The van der Waals surface area contributed by atoms with Gasteiger partial charge in [-0.05, 0) is 0 Å². The second-order valence-electron chi connectivity index (χ2n) is 2.09. The molecule has 0 aliphatic rings. The fraction of sp³-hybridized carbons (Fsp3) is 0.800. The average molecular weight is 212 g/mol. The SMILES string of the molecule is CNS(=O)(=O)NCC(O)C(=O)OC. The van der Waals surface area contributed by atoms with Crippen molar-refractivity contribution < 1.29 is 23.1 Å². The predicted molar refractivity (Wildman–Crippen MR) is 44.0 cm³/mol. The molecular weight excluding hydrogens is 200 g/mol. The van der Waals surface area contributed by atoms with Gasteiger partial charge in [0, 0.05) is 13.6 Å². The van der Waals surface area contributed by atoms with Gasteiger partial charge < -0.3 is 9.84 Å². The molecule has 0 bridgehead atoms. The Morgan fingerprint density at radius 2 is 2.15 bits per heavy atom. The first-order chi connectivity index (χ1) is 5.93. The van der Waals surface area contributed by atoms with E-state index in [1.54, 1.807) is 0 Å². The molecule has 0 aromatic heterocycles. The molecule has 0 saturated heterocycles. The van der Waals surface area contributed by atoms with Crippen molar-refractivity contribution in [1.82, 2.24) is 9.44 Å². The molecule has 78 valence electrons. The number of rotatable bonds is 5. The van der Waals surface area contributed by atoms with Crippen LogP contribution in [0.15, 0.2) is 0 Å². The van der Waals surface area contributed by atoms with Gasteiger partial charge in [-0.3, -0.25) is 0 Å². The molecule has 0 aromatic rings. The van der Waals surface area contributed by atoms with Crippen LogP contribution in [0.5, 0.6) is 0 Å². The Morgan fingerprint density at radius 3 is 2.54 bits per heavy atom. The van der Waals surface area contributed by atoms with Gasteiger partial charge in [-0.2, -0.15) is 13.1 Å². The highest BCUT2D eigenvalue weighted by Crippen LogP contribution is 1.85. The molecule has 0 saturated carbocycles. The Labute approximate surface area is 76.3 Å². The molecule has 0 radical (unpaired) electrons. The van der Waals surface area contributed by atoms with Crippen LogP contribution in [0.3, 0.4) is 0 Å². The van der Waals surface area contributed by atoms with Crippen molar-refractivity contribution in [2.75, 3.05) is 20.7 Å². The molecule has 0 aliphatic carbocycles. The summed E-state index contributed by atoms with van der Waals surface area (Å²) < 4.78 is 29.5. The topological polar surface area (TPSA) is 105 Å². The fourth-order valence-corrected chi connectivity index (χ4v) is 1.00. The molecule has 1 unspecified atom stereocenters. The molecule has 13 heavy (non-hydrogen) atoms. The van der Waals surface area contributed by atoms with Gasteiger partial charge in [0.25, 0.3) is 10.2 Å². The monoisotopic (exact) mass is 212 g/mol. The largest absolute Gasteiger partial charge is 0.467 e. The van der Waals surface area contributed by atoms with Gasteiger partial charge in [0.05, 0.1) is 7.11 Å². The highest BCUT2D eigenvalue weighted by molar-refractivity contribution is 7.87. The van der Waals surface area contributed by atoms with Gasteiger partial charge in [-0.1, -0.05) is 0 Å². The lowest BCUT2D eigenvalue weighted by molar-refractivity contribution is -0.149. The number of nitrogens with one attached hydrogen (secondary N) is 2. The van der Waals surface area contributed by atoms with Crippen molar-refractivity contribution in [3.05, 3.63) is 0 Å². The molecule has 1 atom stereocenters. The first kappa shape index (κ1) is 12.3. The summed E-state index contributed by atoms with van der Waals surface area (Å²) in [5, 5.41) is 8.95. The number of methoxy groups -OCH3 is 1. The van der Waals surface area contributed by atoms with E-state index in [2.05, 4.69) is 4.74 Å². The van der Waals surface area contributed by atoms with E-state index in [1.165, 1.54) is 7.05 Å². The van der Waals surface area contributed by atoms with E-state index in [0.717, 1.165) is 7.11 Å². The number of hydrogen-bond donors (Lipinski definition) is 3. The number of carbonyl (C=O) groups is 1. The number of aliphatic hydroxyl groups excluding tert-OH is 1. The minimum atomic E-state index is -3.62. The van der Waals surface area contributed by atoms with Crippen LogP contribution in [0.4, 0.5) is 0 Å². The summed E-state index contributed by atoms with van der Waals surface area (Å²) in [5.41, 5.74) is 0. The third-order valence-corrected chi connectivity index (χ3v) is 2.29. The van der Waals surface area contributed by atoms with Gasteiger partial charge in [0.15, 0.2) is 6.10 Å². The molecule has 0 rings (SSSR count). The van der Waals surface area contributed by atoms with Gasteiger partial charge in [0.1, 0.15) is 0 Å². The number of carbonyl (C=O) groups excluding carboxylic acids is 1. The maximum Gasteiger partial charge on any atom is 0.336 e. The molecule has 3 N–H and O–H groups in total. The van der Waals surface area contributed by atoms with Crippen molar-refractivity contribution in [3.63, 3.8) is 0 Å². The zero-order valence-electron chi connectivity index (χ0n) is 7.27. The van der Waals surface area contributed by atoms with Crippen molar-refractivity contribution in [1.29, 1.82) is 0 Å². The fourth-order valence-electron chi connectivity index (χ4n) is 0.480. The van der Waals surface area contributed by atoms with E-state index >= 15 is 0 Å². The lowest BCUT2D eigenvalue weighted by Gasteiger charge is -2.08.